The van der Waals surface area contributed by atoms with Gasteiger partial charge < -0.3 is 14.8 Å². The first kappa shape index (κ1) is 20.5. The number of hydrogen-bond donors (Lipinski definition) is 1. The van der Waals surface area contributed by atoms with E-state index in [4.69, 9.17) is 9.47 Å². The van der Waals surface area contributed by atoms with Crippen molar-refractivity contribution in [2.24, 2.45) is 5.92 Å². The minimum Gasteiger partial charge on any atom is -0.493 e. The minimum atomic E-state index is -0.206. The van der Waals surface area contributed by atoms with Gasteiger partial charge in [0.2, 0.25) is 0 Å². The number of amides is 1. The van der Waals surface area contributed by atoms with Gasteiger partial charge in [0, 0.05) is 19.6 Å². The highest BCUT2D eigenvalue weighted by Crippen LogP contribution is 2.29. The fraction of sp³-hybridized carbons (Fsp3) is 0.550. The number of nitrogens with one attached hydrogen (secondary N) is 1. The average Bonchev–Trinajstić information content (AvgIpc) is 3.23. The van der Waals surface area contributed by atoms with Crippen molar-refractivity contribution in [1.82, 2.24) is 19.0 Å². The summed E-state index contributed by atoms with van der Waals surface area (Å²) in [6.07, 6.45) is 4.76. The number of piperidine rings is 1. The van der Waals surface area contributed by atoms with Crippen molar-refractivity contribution in [3.05, 3.63) is 35.7 Å². The van der Waals surface area contributed by atoms with Gasteiger partial charge >= 0.3 is 0 Å². The van der Waals surface area contributed by atoms with Crippen LogP contribution in [0.2, 0.25) is 0 Å². The van der Waals surface area contributed by atoms with Crippen LogP contribution < -0.4 is 14.8 Å². The van der Waals surface area contributed by atoms with Gasteiger partial charge in [0.15, 0.2) is 17.2 Å². The Labute approximate surface area is 170 Å². The lowest BCUT2D eigenvalue weighted by molar-refractivity contribution is 0.0947. The van der Waals surface area contributed by atoms with Crippen molar-refractivity contribution in [3.63, 3.8) is 0 Å². The number of likely N-dealkylation sites (tertiary alicyclic amines) is 1. The summed E-state index contributed by atoms with van der Waals surface area (Å²) in [5, 5.41) is 2.81. The molecule has 1 amide bonds. The van der Waals surface area contributed by atoms with Crippen molar-refractivity contribution in [1.29, 1.82) is 0 Å². The van der Waals surface area contributed by atoms with E-state index in [1.807, 2.05) is 6.07 Å². The maximum absolute atomic E-state index is 11.8. The number of benzene rings is 1. The Morgan fingerprint density at radius 3 is 3.04 bits per heavy atom. The standard InChI is InChI=1S/C20H28N4O3S/c1-15-5-3-9-24(13-15)14-16-6-7-18(19(11-16)26-2)27-10-4-8-21-20(25)17-12-22-28-23-17/h6-7,11-12,15H,3-5,8-10,13-14H2,1-2H3,(H,21,25)/t15-/m0/s1. The summed E-state index contributed by atoms with van der Waals surface area (Å²) in [6, 6.07) is 6.14. The Kier molecular flexibility index (Phi) is 7.62. The lowest BCUT2D eigenvalue weighted by Crippen LogP contribution is -2.33. The quantitative estimate of drug-likeness (QED) is 0.648. The van der Waals surface area contributed by atoms with Crippen LogP contribution in [0.4, 0.5) is 0 Å². The van der Waals surface area contributed by atoms with Gasteiger partial charge in [-0.15, -0.1) is 0 Å². The van der Waals surface area contributed by atoms with E-state index in [0.29, 0.717) is 25.3 Å². The number of rotatable bonds is 9. The first-order chi connectivity index (χ1) is 13.7. The summed E-state index contributed by atoms with van der Waals surface area (Å²) in [4.78, 5) is 14.3. The summed E-state index contributed by atoms with van der Waals surface area (Å²) in [5.74, 6) is 2.04. The predicted octanol–water partition coefficient (Wildman–Crippen LogP) is 2.98. The third-order valence-electron chi connectivity index (χ3n) is 4.83. The molecule has 1 fully saturated rings. The van der Waals surface area contributed by atoms with Crippen LogP contribution in [0.15, 0.2) is 24.4 Å². The molecule has 0 bridgehead atoms. The molecule has 0 aliphatic carbocycles. The van der Waals surface area contributed by atoms with E-state index >= 15 is 0 Å². The zero-order valence-corrected chi connectivity index (χ0v) is 17.3. The molecule has 8 heteroatoms. The second-order valence-electron chi connectivity index (χ2n) is 7.22. The molecule has 1 aromatic heterocycles. The van der Waals surface area contributed by atoms with Crippen LogP contribution in [0.25, 0.3) is 0 Å². The summed E-state index contributed by atoms with van der Waals surface area (Å²) < 4.78 is 19.1. The van der Waals surface area contributed by atoms with E-state index in [1.165, 1.54) is 24.6 Å². The van der Waals surface area contributed by atoms with Gasteiger partial charge in [-0.3, -0.25) is 9.69 Å². The van der Waals surface area contributed by atoms with Crippen LogP contribution >= 0.6 is 11.7 Å². The van der Waals surface area contributed by atoms with Gasteiger partial charge in [-0.05, 0) is 49.4 Å². The molecule has 0 radical (unpaired) electrons. The van der Waals surface area contributed by atoms with Gasteiger partial charge in [0.05, 0.1) is 31.6 Å². The van der Waals surface area contributed by atoms with Crippen molar-refractivity contribution in [2.45, 2.75) is 32.7 Å². The molecule has 1 saturated heterocycles. The first-order valence-electron chi connectivity index (χ1n) is 9.73. The predicted molar refractivity (Wildman–Crippen MR) is 109 cm³/mol. The second-order valence-corrected chi connectivity index (χ2v) is 7.78. The molecule has 1 aliphatic rings. The summed E-state index contributed by atoms with van der Waals surface area (Å²) in [6.45, 7) is 6.59. The number of nitrogens with zero attached hydrogens (tertiary/aromatic N) is 3. The van der Waals surface area contributed by atoms with Crippen molar-refractivity contribution in [2.75, 3.05) is 33.4 Å². The average molecular weight is 405 g/mol. The highest BCUT2D eigenvalue weighted by molar-refractivity contribution is 6.99. The number of carbonyl (C=O) groups is 1. The number of methoxy groups -OCH3 is 1. The van der Waals surface area contributed by atoms with E-state index in [1.54, 1.807) is 7.11 Å². The molecular weight excluding hydrogens is 376 g/mol. The molecule has 2 heterocycles. The van der Waals surface area contributed by atoms with E-state index in [9.17, 15) is 4.79 Å². The first-order valence-corrected chi connectivity index (χ1v) is 10.5. The van der Waals surface area contributed by atoms with Gasteiger partial charge in [-0.2, -0.15) is 8.75 Å². The SMILES string of the molecule is COc1cc(CN2CCC[C@H](C)C2)ccc1OCCCNC(=O)c1cnsn1. The Morgan fingerprint density at radius 2 is 2.29 bits per heavy atom. The summed E-state index contributed by atoms with van der Waals surface area (Å²) in [7, 11) is 1.66. The highest BCUT2D eigenvalue weighted by atomic mass is 32.1. The Hall–Kier alpha value is -2.19. The number of ether oxygens (including phenoxy) is 2. The number of hydrogen-bond acceptors (Lipinski definition) is 7. The Morgan fingerprint density at radius 1 is 1.39 bits per heavy atom. The largest absolute Gasteiger partial charge is 0.493 e. The molecule has 3 rings (SSSR count). The van der Waals surface area contributed by atoms with Crippen molar-refractivity contribution in [3.8, 4) is 11.5 Å². The minimum absolute atomic E-state index is 0.206. The topological polar surface area (TPSA) is 76.6 Å². The van der Waals surface area contributed by atoms with Crippen LogP contribution in [-0.2, 0) is 6.54 Å². The molecular formula is C20H28N4O3S. The van der Waals surface area contributed by atoms with Crippen molar-refractivity contribution < 1.29 is 14.3 Å². The molecule has 28 heavy (non-hydrogen) atoms. The highest BCUT2D eigenvalue weighted by Gasteiger charge is 2.17. The fourth-order valence-corrected chi connectivity index (χ4v) is 3.84. The Bertz CT molecular complexity index is 754. The van der Waals surface area contributed by atoms with Crippen LogP contribution in [0.3, 0.4) is 0 Å². The molecule has 1 N–H and O–H groups in total. The maximum Gasteiger partial charge on any atom is 0.272 e. The van der Waals surface area contributed by atoms with Gasteiger partial charge in [0.25, 0.3) is 5.91 Å². The summed E-state index contributed by atoms with van der Waals surface area (Å²) in [5.41, 5.74) is 1.59. The third kappa shape index (κ3) is 5.90. The van der Waals surface area contributed by atoms with E-state index in [0.717, 1.165) is 48.8 Å². The van der Waals surface area contributed by atoms with Gasteiger partial charge in [0.1, 0.15) is 0 Å². The molecule has 0 spiro atoms. The summed E-state index contributed by atoms with van der Waals surface area (Å²) >= 11 is 1.02. The monoisotopic (exact) mass is 404 g/mol. The normalized spacial score (nSPS) is 17.3. The smallest absolute Gasteiger partial charge is 0.272 e. The molecule has 0 unspecified atom stereocenters. The van der Waals surface area contributed by atoms with Crippen LogP contribution in [-0.4, -0.2) is 52.9 Å². The lowest BCUT2D eigenvalue weighted by atomic mass is 10.00. The molecule has 7 nitrogen and oxygen atoms in total. The van der Waals surface area contributed by atoms with Crippen LogP contribution in [0.5, 0.6) is 11.5 Å². The maximum atomic E-state index is 11.8. The van der Waals surface area contributed by atoms with Crippen LogP contribution in [0.1, 0.15) is 42.2 Å². The molecule has 152 valence electrons. The molecule has 0 saturated carbocycles. The van der Waals surface area contributed by atoms with E-state index < -0.39 is 0 Å². The zero-order valence-electron chi connectivity index (χ0n) is 16.5. The van der Waals surface area contributed by atoms with E-state index in [-0.39, 0.29) is 5.91 Å². The second kappa shape index (κ2) is 10.4. The number of aromatic nitrogens is 2. The van der Waals surface area contributed by atoms with Crippen molar-refractivity contribution >= 4 is 17.6 Å². The Balaban J connectivity index is 1.44. The number of carbonyl (C=O) groups excluding carboxylic acids is 1. The van der Waals surface area contributed by atoms with Crippen LogP contribution in [0, 0.1) is 5.92 Å². The lowest BCUT2D eigenvalue weighted by Gasteiger charge is -2.30. The van der Waals surface area contributed by atoms with Gasteiger partial charge in [-0.25, -0.2) is 0 Å². The van der Waals surface area contributed by atoms with Gasteiger partial charge in [-0.1, -0.05) is 13.0 Å². The third-order valence-corrected chi connectivity index (χ3v) is 5.31. The zero-order chi connectivity index (χ0) is 19.8. The molecule has 1 aromatic carbocycles. The van der Waals surface area contributed by atoms with E-state index in [2.05, 4.69) is 38.0 Å². The fourth-order valence-electron chi connectivity index (χ4n) is 3.43. The molecule has 1 atom stereocenters. The molecule has 2 aromatic rings. The molecule has 1 aliphatic heterocycles.